The predicted octanol–water partition coefficient (Wildman–Crippen LogP) is 1.89. The number of pyridine rings is 1. The van der Waals surface area contributed by atoms with E-state index < -0.39 is 0 Å². The number of nitrogens with zero attached hydrogens (tertiary/aromatic N) is 1. The zero-order chi connectivity index (χ0) is 8.27. The number of aromatic nitrogens is 1. The van der Waals surface area contributed by atoms with Crippen LogP contribution in [-0.2, 0) is 6.42 Å². The fourth-order valence-electron chi connectivity index (χ4n) is 0.798. The van der Waals surface area contributed by atoms with Gasteiger partial charge in [-0.15, -0.1) is 0 Å². The molecular weight excluding hydrogens is 183 g/mol. The molecule has 0 radical (unpaired) electrons. The molecule has 0 aromatic carbocycles. The minimum atomic E-state index is 0.456. The van der Waals surface area contributed by atoms with Gasteiger partial charge in [0.05, 0.1) is 5.02 Å². The van der Waals surface area contributed by atoms with Crippen LogP contribution in [0.3, 0.4) is 0 Å². The molecule has 0 aliphatic rings. The summed E-state index contributed by atoms with van der Waals surface area (Å²) in [6.45, 7) is 0.570. The Balaban J connectivity index is 2.93. The first-order chi connectivity index (χ1) is 5.24. The van der Waals surface area contributed by atoms with Crippen LogP contribution in [0.5, 0.6) is 0 Å². The van der Waals surface area contributed by atoms with Crippen LogP contribution in [0, 0.1) is 0 Å². The molecule has 1 aromatic heterocycles. The molecule has 0 spiro atoms. The SMILES string of the molecule is NCCc1cc(Cl)ncc1Cl. The van der Waals surface area contributed by atoms with Crippen LogP contribution >= 0.6 is 23.2 Å². The van der Waals surface area contributed by atoms with Gasteiger partial charge >= 0.3 is 0 Å². The smallest absolute Gasteiger partial charge is 0.129 e. The minimum Gasteiger partial charge on any atom is -0.330 e. The molecule has 0 saturated carbocycles. The maximum absolute atomic E-state index is 5.80. The van der Waals surface area contributed by atoms with E-state index in [1.165, 1.54) is 6.20 Å². The van der Waals surface area contributed by atoms with Crippen molar-refractivity contribution in [1.29, 1.82) is 0 Å². The van der Waals surface area contributed by atoms with Crippen LogP contribution in [0.4, 0.5) is 0 Å². The second-order valence-electron chi connectivity index (χ2n) is 2.14. The maximum Gasteiger partial charge on any atom is 0.129 e. The highest BCUT2D eigenvalue weighted by atomic mass is 35.5. The monoisotopic (exact) mass is 190 g/mol. The van der Waals surface area contributed by atoms with E-state index in [0.29, 0.717) is 16.7 Å². The number of hydrogen-bond acceptors (Lipinski definition) is 2. The molecule has 0 atom stereocenters. The van der Waals surface area contributed by atoms with Crippen LogP contribution in [0.1, 0.15) is 5.56 Å². The molecule has 1 aromatic rings. The van der Waals surface area contributed by atoms with E-state index in [1.54, 1.807) is 6.07 Å². The Bertz CT molecular complexity index is 250. The third-order valence-corrected chi connectivity index (χ3v) is 1.86. The van der Waals surface area contributed by atoms with Crippen molar-refractivity contribution in [2.75, 3.05) is 6.54 Å². The van der Waals surface area contributed by atoms with Crippen molar-refractivity contribution >= 4 is 23.2 Å². The second-order valence-corrected chi connectivity index (χ2v) is 2.93. The number of rotatable bonds is 2. The standard InChI is InChI=1S/C7H8Cl2N2/c8-6-4-11-7(9)3-5(6)1-2-10/h3-4H,1-2,10H2. The first-order valence-electron chi connectivity index (χ1n) is 3.24. The molecule has 0 saturated heterocycles. The van der Waals surface area contributed by atoms with Gasteiger partial charge in [-0.05, 0) is 24.6 Å². The fourth-order valence-corrected chi connectivity index (χ4v) is 1.18. The molecule has 4 heteroatoms. The summed E-state index contributed by atoms with van der Waals surface area (Å²) in [4.78, 5) is 3.81. The molecule has 2 N–H and O–H groups in total. The number of halogens is 2. The summed E-state index contributed by atoms with van der Waals surface area (Å²) >= 11 is 11.4. The molecule has 0 bridgehead atoms. The summed E-state index contributed by atoms with van der Waals surface area (Å²) in [5, 5.41) is 1.08. The Kier molecular flexibility index (Phi) is 3.12. The normalized spacial score (nSPS) is 10.1. The Morgan fingerprint density at radius 3 is 2.82 bits per heavy atom. The molecule has 11 heavy (non-hydrogen) atoms. The molecule has 0 aliphatic heterocycles. The van der Waals surface area contributed by atoms with Crippen molar-refractivity contribution in [3.05, 3.63) is 28.0 Å². The average molecular weight is 191 g/mol. The van der Waals surface area contributed by atoms with E-state index in [0.717, 1.165) is 12.0 Å². The third kappa shape index (κ3) is 2.33. The van der Waals surface area contributed by atoms with Crippen molar-refractivity contribution in [2.45, 2.75) is 6.42 Å². The van der Waals surface area contributed by atoms with Gasteiger partial charge in [0.15, 0.2) is 0 Å². The maximum atomic E-state index is 5.80. The van der Waals surface area contributed by atoms with E-state index >= 15 is 0 Å². The first kappa shape index (κ1) is 8.78. The lowest BCUT2D eigenvalue weighted by molar-refractivity contribution is 0.964. The van der Waals surface area contributed by atoms with E-state index in [2.05, 4.69) is 4.98 Å². The summed E-state index contributed by atoms with van der Waals surface area (Å²) in [7, 11) is 0. The van der Waals surface area contributed by atoms with Gasteiger partial charge < -0.3 is 5.73 Å². The summed E-state index contributed by atoms with van der Waals surface area (Å²) in [5.41, 5.74) is 6.31. The van der Waals surface area contributed by atoms with Crippen molar-refractivity contribution in [3.63, 3.8) is 0 Å². The van der Waals surface area contributed by atoms with Crippen LogP contribution in [0.25, 0.3) is 0 Å². The third-order valence-electron chi connectivity index (χ3n) is 1.32. The van der Waals surface area contributed by atoms with Crippen LogP contribution in [0.15, 0.2) is 12.3 Å². The van der Waals surface area contributed by atoms with Gasteiger partial charge in [0.25, 0.3) is 0 Å². The zero-order valence-electron chi connectivity index (χ0n) is 5.85. The Labute approximate surface area is 75.3 Å². The van der Waals surface area contributed by atoms with Gasteiger partial charge in [0, 0.05) is 6.20 Å². The first-order valence-corrected chi connectivity index (χ1v) is 3.99. The van der Waals surface area contributed by atoms with Gasteiger partial charge in [0.1, 0.15) is 5.15 Å². The molecule has 1 heterocycles. The number of hydrogen-bond donors (Lipinski definition) is 1. The van der Waals surface area contributed by atoms with E-state index in [1.807, 2.05) is 0 Å². The summed E-state index contributed by atoms with van der Waals surface area (Å²) in [6, 6.07) is 1.73. The zero-order valence-corrected chi connectivity index (χ0v) is 7.36. The lowest BCUT2D eigenvalue weighted by Gasteiger charge is -2.00. The highest BCUT2D eigenvalue weighted by Gasteiger charge is 1.99. The van der Waals surface area contributed by atoms with E-state index in [4.69, 9.17) is 28.9 Å². The molecule has 0 amide bonds. The highest BCUT2D eigenvalue weighted by Crippen LogP contribution is 2.17. The van der Waals surface area contributed by atoms with Crippen LogP contribution < -0.4 is 5.73 Å². The van der Waals surface area contributed by atoms with Crippen molar-refractivity contribution in [3.8, 4) is 0 Å². The lowest BCUT2D eigenvalue weighted by Crippen LogP contribution is -2.03. The van der Waals surface area contributed by atoms with Crippen molar-refractivity contribution < 1.29 is 0 Å². The van der Waals surface area contributed by atoms with Gasteiger partial charge in [-0.3, -0.25) is 0 Å². The summed E-state index contributed by atoms with van der Waals surface area (Å²) in [6.07, 6.45) is 2.27. The molecule has 60 valence electrons. The van der Waals surface area contributed by atoms with E-state index in [-0.39, 0.29) is 0 Å². The fraction of sp³-hybridized carbons (Fsp3) is 0.286. The Hall–Kier alpha value is -0.310. The summed E-state index contributed by atoms with van der Waals surface area (Å²) < 4.78 is 0. The predicted molar refractivity (Wildman–Crippen MR) is 47.0 cm³/mol. The Morgan fingerprint density at radius 2 is 2.18 bits per heavy atom. The molecule has 1 rings (SSSR count). The molecule has 0 fully saturated rings. The molecule has 0 unspecified atom stereocenters. The highest BCUT2D eigenvalue weighted by molar-refractivity contribution is 6.32. The van der Waals surface area contributed by atoms with E-state index in [9.17, 15) is 0 Å². The van der Waals surface area contributed by atoms with Gasteiger partial charge in [-0.25, -0.2) is 4.98 Å². The van der Waals surface area contributed by atoms with Crippen LogP contribution in [0.2, 0.25) is 10.2 Å². The molecule has 2 nitrogen and oxygen atoms in total. The second kappa shape index (κ2) is 3.90. The van der Waals surface area contributed by atoms with Crippen molar-refractivity contribution in [1.82, 2.24) is 4.98 Å². The largest absolute Gasteiger partial charge is 0.330 e. The molecular formula is C7H8Cl2N2. The number of nitrogens with two attached hydrogens (primary N) is 1. The lowest BCUT2D eigenvalue weighted by atomic mass is 10.2. The van der Waals surface area contributed by atoms with Gasteiger partial charge in [-0.2, -0.15) is 0 Å². The van der Waals surface area contributed by atoms with Crippen molar-refractivity contribution in [2.24, 2.45) is 5.73 Å². The minimum absolute atomic E-state index is 0.456. The summed E-state index contributed by atoms with van der Waals surface area (Å²) in [5.74, 6) is 0. The average Bonchev–Trinajstić information content (AvgIpc) is 1.98. The van der Waals surface area contributed by atoms with Gasteiger partial charge in [-0.1, -0.05) is 23.2 Å². The quantitative estimate of drug-likeness (QED) is 0.725. The Morgan fingerprint density at radius 1 is 1.45 bits per heavy atom. The molecule has 0 aliphatic carbocycles. The topological polar surface area (TPSA) is 38.9 Å². The van der Waals surface area contributed by atoms with Gasteiger partial charge in [0.2, 0.25) is 0 Å². The van der Waals surface area contributed by atoms with Crippen LogP contribution in [-0.4, -0.2) is 11.5 Å².